The summed E-state index contributed by atoms with van der Waals surface area (Å²) in [5.74, 6) is -1.45. The zero-order chi connectivity index (χ0) is 20.2. The van der Waals surface area contributed by atoms with Crippen LogP contribution in [0.5, 0.6) is 5.75 Å². The van der Waals surface area contributed by atoms with Gasteiger partial charge in [0.25, 0.3) is 5.76 Å². The van der Waals surface area contributed by atoms with Crippen molar-refractivity contribution in [2.75, 3.05) is 0 Å². The Morgan fingerprint density at radius 3 is 2.21 bits per heavy atom. The number of halogens is 2. The van der Waals surface area contributed by atoms with Crippen molar-refractivity contribution in [1.82, 2.24) is 0 Å². The van der Waals surface area contributed by atoms with Gasteiger partial charge >= 0.3 is 5.97 Å². The smallest absolute Gasteiger partial charge is 0.314 e. The highest BCUT2D eigenvalue weighted by Crippen LogP contribution is 2.33. The van der Waals surface area contributed by atoms with Gasteiger partial charge < -0.3 is 4.74 Å². The normalized spacial score (nSPS) is 19.7. The fourth-order valence-corrected chi connectivity index (χ4v) is 4.46. The van der Waals surface area contributed by atoms with Crippen LogP contribution in [0.25, 0.3) is 0 Å². The molecule has 158 valence electrons. The lowest BCUT2D eigenvalue weighted by Crippen LogP contribution is -2.25. The van der Waals surface area contributed by atoms with Crippen molar-refractivity contribution in [2.24, 2.45) is 11.8 Å². The summed E-state index contributed by atoms with van der Waals surface area (Å²) in [6.07, 6.45) is 14.7. The molecule has 0 radical (unpaired) electrons. The summed E-state index contributed by atoms with van der Waals surface area (Å²) in [6, 6.07) is 6.32. The average Bonchev–Trinajstić information content (AvgIpc) is 2.69. The molecule has 0 aliphatic heterocycles. The molecule has 0 bridgehead atoms. The van der Waals surface area contributed by atoms with E-state index >= 15 is 0 Å². The highest BCUT2D eigenvalue weighted by Gasteiger charge is 2.27. The molecule has 2 nitrogen and oxygen atoms in total. The van der Waals surface area contributed by atoms with E-state index < -0.39 is 5.76 Å². The molecule has 5 heteroatoms. The Hall–Kier alpha value is -1.10. The van der Waals surface area contributed by atoms with Crippen molar-refractivity contribution in [2.45, 2.75) is 94.6 Å². The van der Waals surface area contributed by atoms with Gasteiger partial charge in [-0.2, -0.15) is 8.78 Å². The lowest BCUT2D eigenvalue weighted by molar-refractivity contribution is -0.140. The molecule has 2 rings (SSSR count). The summed E-state index contributed by atoms with van der Waals surface area (Å²) < 4.78 is 30.1. The molecule has 0 heterocycles. The molecule has 0 unspecified atom stereocenters. The molecular formula is C23H34F2O2S. The first-order valence-electron chi connectivity index (χ1n) is 10.8. The average molecular weight is 413 g/mol. The maximum Gasteiger partial charge on any atom is 0.314 e. The molecule has 28 heavy (non-hydrogen) atoms. The quantitative estimate of drug-likeness (QED) is 0.151. The van der Waals surface area contributed by atoms with Crippen LogP contribution in [0.3, 0.4) is 0 Å². The molecular weight excluding hydrogens is 378 g/mol. The predicted octanol–water partition coefficient (Wildman–Crippen LogP) is 7.85. The van der Waals surface area contributed by atoms with E-state index in [0.717, 1.165) is 31.6 Å². The number of rotatable bonds is 12. The third-order valence-electron chi connectivity index (χ3n) is 5.66. The molecule has 0 N–H and O–H groups in total. The van der Waals surface area contributed by atoms with Crippen molar-refractivity contribution < 1.29 is 18.3 Å². The fourth-order valence-electron chi connectivity index (χ4n) is 3.97. The first-order valence-corrected chi connectivity index (χ1v) is 11.7. The number of hydrogen-bond acceptors (Lipinski definition) is 3. The molecule has 0 amide bonds. The minimum absolute atomic E-state index is 0.0274. The summed E-state index contributed by atoms with van der Waals surface area (Å²) in [5.41, 5.74) is 0. The van der Waals surface area contributed by atoms with Gasteiger partial charge in [0.15, 0.2) is 0 Å². The van der Waals surface area contributed by atoms with E-state index in [0.29, 0.717) is 22.4 Å². The summed E-state index contributed by atoms with van der Waals surface area (Å²) in [4.78, 5) is 12.8. The van der Waals surface area contributed by atoms with Crippen LogP contribution >= 0.6 is 11.8 Å². The minimum atomic E-state index is -2.44. The monoisotopic (exact) mass is 412 g/mol. The summed E-state index contributed by atoms with van der Waals surface area (Å²) in [5, 5.41) is 0. The summed E-state index contributed by atoms with van der Waals surface area (Å²) in [7, 11) is 0. The molecule has 0 aromatic heterocycles. The van der Waals surface area contributed by atoms with Gasteiger partial charge in [0, 0.05) is 4.90 Å². The van der Waals surface area contributed by atoms with Crippen molar-refractivity contribution in [1.29, 1.82) is 0 Å². The standard InChI is InChI=1S/C23H34F2O2S/c1-2-3-4-5-6-7-8-9-18-10-12-19(13-11-18)22(26)27-20-14-16-21(17-15-20)28-23(24)25/h14-19,23H,2-13H2,1H3/t18-,19-. The van der Waals surface area contributed by atoms with Gasteiger partial charge in [0.2, 0.25) is 0 Å². The molecule has 0 atom stereocenters. The lowest BCUT2D eigenvalue weighted by atomic mass is 9.80. The Balaban J connectivity index is 1.61. The van der Waals surface area contributed by atoms with Gasteiger partial charge in [-0.25, -0.2) is 0 Å². The van der Waals surface area contributed by atoms with Crippen LogP contribution in [0.15, 0.2) is 29.2 Å². The number of carbonyl (C=O) groups is 1. The van der Waals surface area contributed by atoms with Crippen LogP contribution in [0.2, 0.25) is 0 Å². The van der Waals surface area contributed by atoms with Gasteiger partial charge in [0.1, 0.15) is 5.75 Å². The Labute approximate surface area is 172 Å². The number of hydrogen-bond donors (Lipinski definition) is 0. The van der Waals surface area contributed by atoms with Crippen LogP contribution in [0, 0.1) is 11.8 Å². The molecule has 1 saturated carbocycles. The van der Waals surface area contributed by atoms with Gasteiger partial charge in [0.05, 0.1) is 5.92 Å². The molecule has 1 aromatic carbocycles. The second-order valence-electron chi connectivity index (χ2n) is 7.90. The number of benzene rings is 1. The minimum Gasteiger partial charge on any atom is -0.426 e. The van der Waals surface area contributed by atoms with E-state index in [-0.39, 0.29) is 11.9 Å². The van der Waals surface area contributed by atoms with Crippen LogP contribution in [0.4, 0.5) is 8.78 Å². The Morgan fingerprint density at radius 1 is 1.00 bits per heavy atom. The van der Waals surface area contributed by atoms with E-state index in [1.165, 1.54) is 51.4 Å². The van der Waals surface area contributed by atoms with Crippen LogP contribution in [0.1, 0.15) is 84.0 Å². The van der Waals surface area contributed by atoms with Crippen molar-refractivity contribution in [3.05, 3.63) is 24.3 Å². The first-order chi connectivity index (χ1) is 13.6. The van der Waals surface area contributed by atoms with Crippen molar-refractivity contribution >= 4 is 17.7 Å². The van der Waals surface area contributed by atoms with E-state index in [1.54, 1.807) is 24.3 Å². The Bertz CT molecular complexity index is 554. The Kier molecular flexibility index (Phi) is 10.9. The molecule has 0 spiro atoms. The molecule has 1 aliphatic rings. The van der Waals surface area contributed by atoms with Gasteiger partial charge in [-0.3, -0.25) is 4.79 Å². The number of ether oxygens (including phenoxy) is 1. The number of esters is 1. The van der Waals surface area contributed by atoms with E-state index in [4.69, 9.17) is 4.74 Å². The maximum absolute atomic E-state index is 12.4. The third-order valence-corrected chi connectivity index (χ3v) is 6.39. The SMILES string of the molecule is CCCCCCCCC[C@H]1CC[C@H](C(=O)Oc2ccc(SC(F)F)cc2)CC1. The maximum atomic E-state index is 12.4. The van der Waals surface area contributed by atoms with Gasteiger partial charge in [-0.1, -0.05) is 70.1 Å². The molecule has 1 aliphatic carbocycles. The zero-order valence-corrected chi connectivity index (χ0v) is 17.8. The fraction of sp³-hybridized carbons (Fsp3) is 0.696. The van der Waals surface area contributed by atoms with Crippen LogP contribution < -0.4 is 4.74 Å². The van der Waals surface area contributed by atoms with Crippen molar-refractivity contribution in [3.8, 4) is 5.75 Å². The number of alkyl halides is 2. The lowest BCUT2D eigenvalue weighted by Gasteiger charge is -2.27. The van der Waals surface area contributed by atoms with E-state index in [1.807, 2.05) is 0 Å². The topological polar surface area (TPSA) is 26.3 Å². The molecule has 0 saturated heterocycles. The second-order valence-corrected chi connectivity index (χ2v) is 8.96. The third kappa shape index (κ3) is 8.93. The second kappa shape index (κ2) is 13.2. The van der Waals surface area contributed by atoms with Gasteiger partial charge in [-0.15, -0.1) is 0 Å². The first kappa shape index (κ1) is 23.2. The van der Waals surface area contributed by atoms with Crippen LogP contribution in [-0.4, -0.2) is 11.7 Å². The predicted molar refractivity (Wildman–Crippen MR) is 112 cm³/mol. The summed E-state index contributed by atoms with van der Waals surface area (Å²) >= 11 is 0.493. The number of carbonyl (C=O) groups excluding carboxylic acids is 1. The Morgan fingerprint density at radius 2 is 1.61 bits per heavy atom. The van der Waals surface area contributed by atoms with Crippen molar-refractivity contribution in [3.63, 3.8) is 0 Å². The van der Waals surface area contributed by atoms with Crippen LogP contribution in [-0.2, 0) is 4.79 Å². The molecule has 1 fully saturated rings. The van der Waals surface area contributed by atoms with E-state index in [2.05, 4.69) is 6.92 Å². The van der Waals surface area contributed by atoms with E-state index in [9.17, 15) is 13.6 Å². The number of unbranched alkanes of at least 4 members (excludes halogenated alkanes) is 6. The molecule has 1 aromatic rings. The van der Waals surface area contributed by atoms with Gasteiger partial charge in [-0.05, 0) is 55.9 Å². The number of thioether (sulfide) groups is 1. The highest BCUT2D eigenvalue weighted by molar-refractivity contribution is 7.99. The largest absolute Gasteiger partial charge is 0.426 e. The zero-order valence-electron chi connectivity index (χ0n) is 17.0. The highest BCUT2D eigenvalue weighted by atomic mass is 32.2. The summed E-state index contributed by atoms with van der Waals surface area (Å²) in [6.45, 7) is 2.25.